The Morgan fingerprint density at radius 1 is 0.938 bits per heavy atom. The number of aliphatic hydroxyl groups is 1. The van der Waals surface area contributed by atoms with Crippen LogP contribution >= 0.6 is 0 Å². The summed E-state index contributed by atoms with van der Waals surface area (Å²) in [6.45, 7) is 2.33. The van der Waals surface area contributed by atoms with Crippen molar-refractivity contribution in [1.29, 1.82) is 0 Å². The second kappa shape index (κ2) is 4.30. The highest BCUT2D eigenvalue weighted by molar-refractivity contribution is 4.97. The molecule has 2 nitrogen and oxygen atoms in total. The van der Waals surface area contributed by atoms with Gasteiger partial charge < -0.3 is 5.11 Å². The normalized spacial score (nSPS) is 42.2. The molecule has 2 heteroatoms. The van der Waals surface area contributed by atoms with Gasteiger partial charge in [-0.25, -0.2) is 0 Å². The molecule has 2 aliphatic carbocycles. The van der Waals surface area contributed by atoms with Crippen molar-refractivity contribution in [3.8, 4) is 0 Å². The van der Waals surface area contributed by atoms with Crippen LogP contribution in [-0.4, -0.2) is 34.7 Å². The quantitative estimate of drug-likeness (QED) is 0.738. The third-order valence-corrected chi connectivity index (χ3v) is 5.30. The Morgan fingerprint density at radius 3 is 2.50 bits per heavy atom. The number of rotatable bonds is 1. The Bertz CT molecular complexity index is 249. The highest BCUT2D eigenvalue weighted by atomic mass is 16.3. The highest BCUT2D eigenvalue weighted by Gasteiger charge is 2.44. The van der Waals surface area contributed by atoms with Crippen molar-refractivity contribution in [3.63, 3.8) is 0 Å². The molecule has 1 aliphatic heterocycles. The SMILES string of the molecule is OC12CCCCC1CN(C1CCCC1)CC2. The molecule has 2 unspecified atom stereocenters. The molecule has 0 amide bonds. The molecule has 0 spiro atoms. The van der Waals surface area contributed by atoms with Crippen molar-refractivity contribution in [3.05, 3.63) is 0 Å². The summed E-state index contributed by atoms with van der Waals surface area (Å²) in [5.41, 5.74) is -0.284. The van der Waals surface area contributed by atoms with E-state index in [0.29, 0.717) is 5.92 Å². The predicted molar refractivity (Wildman–Crippen MR) is 65.4 cm³/mol. The molecule has 3 rings (SSSR count). The van der Waals surface area contributed by atoms with Gasteiger partial charge in [0, 0.05) is 25.0 Å². The molecule has 92 valence electrons. The van der Waals surface area contributed by atoms with Gasteiger partial charge in [-0.2, -0.15) is 0 Å². The van der Waals surface area contributed by atoms with Crippen molar-refractivity contribution < 1.29 is 5.11 Å². The zero-order valence-electron chi connectivity index (χ0n) is 10.3. The van der Waals surface area contributed by atoms with Crippen molar-refractivity contribution in [2.24, 2.45) is 5.92 Å². The maximum Gasteiger partial charge on any atom is 0.0700 e. The molecule has 2 atom stereocenters. The van der Waals surface area contributed by atoms with Gasteiger partial charge in [-0.1, -0.05) is 25.7 Å². The molecule has 0 aromatic heterocycles. The summed E-state index contributed by atoms with van der Waals surface area (Å²) in [6.07, 6.45) is 11.6. The number of likely N-dealkylation sites (tertiary alicyclic amines) is 1. The zero-order chi connectivity index (χ0) is 11.0. The standard InChI is InChI=1S/C14H25NO/c16-14-8-4-3-5-12(14)11-15(10-9-14)13-6-1-2-7-13/h12-13,16H,1-11H2. The van der Waals surface area contributed by atoms with Gasteiger partial charge in [0.25, 0.3) is 0 Å². The Kier molecular flexibility index (Phi) is 2.97. The lowest BCUT2D eigenvalue weighted by molar-refractivity contribution is -0.102. The summed E-state index contributed by atoms with van der Waals surface area (Å²) < 4.78 is 0. The first-order chi connectivity index (χ1) is 7.78. The third kappa shape index (κ3) is 1.91. The number of piperidine rings is 1. The van der Waals surface area contributed by atoms with E-state index >= 15 is 0 Å². The van der Waals surface area contributed by atoms with Crippen LogP contribution in [0.4, 0.5) is 0 Å². The summed E-state index contributed by atoms with van der Waals surface area (Å²) in [7, 11) is 0. The Labute approximate surface area is 99.0 Å². The molecular formula is C14H25NO. The summed E-state index contributed by atoms with van der Waals surface area (Å²) in [5, 5.41) is 10.6. The topological polar surface area (TPSA) is 23.5 Å². The lowest BCUT2D eigenvalue weighted by Gasteiger charge is -2.49. The zero-order valence-corrected chi connectivity index (χ0v) is 10.3. The third-order valence-electron chi connectivity index (χ3n) is 5.30. The second-order valence-electron chi connectivity index (χ2n) is 6.23. The smallest absolute Gasteiger partial charge is 0.0700 e. The van der Waals surface area contributed by atoms with Gasteiger partial charge in [0.05, 0.1) is 5.60 Å². The number of hydrogen-bond donors (Lipinski definition) is 1. The van der Waals surface area contributed by atoms with Gasteiger partial charge in [0.1, 0.15) is 0 Å². The van der Waals surface area contributed by atoms with Crippen molar-refractivity contribution in [2.45, 2.75) is 69.4 Å². The highest BCUT2D eigenvalue weighted by Crippen LogP contribution is 2.41. The van der Waals surface area contributed by atoms with E-state index in [9.17, 15) is 5.11 Å². The van der Waals surface area contributed by atoms with E-state index in [1.807, 2.05) is 0 Å². The van der Waals surface area contributed by atoms with Crippen LogP contribution in [0.5, 0.6) is 0 Å². The molecule has 0 radical (unpaired) electrons. The lowest BCUT2D eigenvalue weighted by Crippen LogP contribution is -2.55. The molecule has 0 bridgehead atoms. The molecule has 0 aromatic carbocycles. The van der Waals surface area contributed by atoms with Crippen molar-refractivity contribution in [1.82, 2.24) is 4.90 Å². The van der Waals surface area contributed by atoms with Crippen LogP contribution in [0.1, 0.15) is 57.8 Å². The fraction of sp³-hybridized carbons (Fsp3) is 1.00. The first kappa shape index (κ1) is 11.0. The lowest BCUT2D eigenvalue weighted by atomic mass is 9.71. The van der Waals surface area contributed by atoms with E-state index in [1.54, 1.807) is 0 Å². The summed E-state index contributed by atoms with van der Waals surface area (Å²) >= 11 is 0. The van der Waals surface area contributed by atoms with Crippen LogP contribution in [-0.2, 0) is 0 Å². The molecule has 16 heavy (non-hydrogen) atoms. The minimum absolute atomic E-state index is 0.284. The molecular weight excluding hydrogens is 198 g/mol. The monoisotopic (exact) mass is 223 g/mol. The van der Waals surface area contributed by atoms with E-state index in [4.69, 9.17) is 0 Å². The van der Waals surface area contributed by atoms with Crippen LogP contribution in [0.25, 0.3) is 0 Å². The van der Waals surface area contributed by atoms with Gasteiger partial charge in [0.15, 0.2) is 0 Å². The first-order valence-electron chi connectivity index (χ1n) is 7.24. The van der Waals surface area contributed by atoms with Crippen molar-refractivity contribution in [2.75, 3.05) is 13.1 Å². The van der Waals surface area contributed by atoms with Crippen LogP contribution in [0, 0.1) is 5.92 Å². The maximum absolute atomic E-state index is 10.6. The fourth-order valence-electron chi connectivity index (χ4n) is 4.20. The van der Waals surface area contributed by atoms with Crippen molar-refractivity contribution >= 4 is 0 Å². The Hall–Kier alpha value is -0.0800. The number of hydrogen-bond acceptors (Lipinski definition) is 2. The van der Waals surface area contributed by atoms with E-state index in [-0.39, 0.29) is 5.60 Å². The minimum atomic E-state index is -0.284. The maximum atomic E-state index is 10.6. The molecule has 3 aliphatic rings. The van der Waals surface area contributed by atoms with Gasteiger partial charge in [0.2, 0.25) is 0 Å². The number of fused-ring (bicyclic) bond motifs is 1. The molecule has 1 N–H and O–H groups in total. The summed E-state index contributed by atoms with van der Waals surface area (Å²) in [6, 6.07) is 0.853. The van der Waals surface area contributed by atoms with Gasteiger partial charge in [-0.15, -0.1) is 0 Å². The van der Waals surface area contributed by atoms with Crippen LogP contribution < -0.4 is 0 Å². The van der Waals surface area contributed by atoms with E-state index in [1.165, 1.54) is 51.5 Å². The van der Waals surface area contributed by atoms with E-state index in [0.717, 1.165) is 25.4 Å². The molecule has 3 fully saturated rings. The molecule has 2 saturated carbocycles. The van der Waals surface area contributed by atoms with Gasteiger partial charge in [-0.3, -0.25) is 4.90 Å². The van der Waals surface area contributed by atoms with Gasteiger partial charge >= 0.3 is 0 Å². The van der Waals surface area contributed by atoms with E-state index in [2.05, 4.69) is 4.90 Å². The largest absolute Gasteiger partial charge is 0.390 e. The minimum Gasteiger partial charge on any atom is -0.390 e. The van der Waals surface area contributed by atoms with Crippen LogP contribution in [0.3, 0.4) is 0 Å². The van der Waals surface area contributed by atoms with E-state index < -0.39 is 0 Å². The Balaban J connectivity index is 1.65. The average molecular weight is 223 g/mol. The average Bonchev–Trinajstić information content (AvgIpc) is 2.81. The Morgan fingerprint density at radius 2 is 1.69 bits per heavy atom. The molecule has 1 saturated heterocycles. The summed E-state index contributed by atoms with van der Waals surface area (Å²) in [4.78, 5) is 2.69. The molecule has 0 aromatic rings. The van der Waals surface area contributed by atoms with Crippen LogP contribution in [0.2, 0.25) is 0 Å². The van der Waals surface area contributed by atoms with Crippen LogP contribution in [0.15, 0.2) is 0 Å². The van der Waals surface area contributed by atoms with Gasteiger partial charge in [-0.05, 0) is 32.1 Å². The fourth-order valence-corrected chi connectivity index (χ4v) is 4.20. The second-order valence-corrected chi connectivity index (χ2v) is 6.23. The summed E-state index contributed by atoms with van der Waals surface area (Å²) in [5.74, 6) is 0.579. The first-order valence-corrected chi connectivity index (χ1v) is 7.24. The molecule has 1 heterocycles. The predicted octanol–water partition coefficient (Wildman–Crippen LogP) is 2.56. The number of nitrogens with zero attached hydrogens (tertiary/aromatic N) is 1.